The van der Waals surface area contributed by atoms with Gasteiger partial charge in [0.15, 0.2) is 0 Å². The van der Waals surface area contributed by atoms with Crippen LogP contribution in [0.2, 0.25) is 0 Å². The molecule has 1 amide bonds. The number of aromatic nitrogens is 1. The van der Waals surface area contributed by atoms with E-state index in [-0.39, 0.29) is 12.5 Å². The summed E-state index contributed by atoms with van der Waals surface area (Å²) in [7, 11) is 0. The Kier molecular flexibility index (Phi) is 5.50. The molecule has 4 nitrogen and oxygen atoms in total. The molecule has 2 N–H and O–H groups in total. The van der Waals surface area contributed by atoms with Crippen molar-refractivity contribution in [3.8, 4) is 11.8 Å². The predicted molar refractivity (Wildman–Crippen MR) is 84.9 cm³/mol. The molecule has 0 fully saturated rings. The minimum Gasteiger partial charge on any atom is -0.334 e. The number of nitrogens with zero attached hydrogens (tertiary/aromatic N) is 2. The van der Waals surface area contributed by atoms with Gasteiger partial charge in [0.05, 0.1) is 6.54 Å². The summed E-state index contributed by atoms with van der Waals surface area (Å²) >= 11 is 1.42. The molecular formula is C16H17N3OS. The molecule has 0 aliphatic carbocycles. The van der Waals surface area contributed by atoms with Crippen LogP contribution in [0.4, 0.5) is 0 Å². The van der Waals surface area contributed by atoms with Gasteiger partial charge in [-0.3, -0.25) is 9.78 Å². The van der Waals surface area contributed by atoms with Gasteiger partial charge in [-0.2, -0.15) is 0 Å². The number of hydrogen-bond acceptors (Lipinski definition) is 4. The van der Waals surface area contributed by atoms with E-state index in [9.17, 15) is 4.79 Å². The van der Waals surface area contributed by atoms with Crippen molar-refractivity contribution in [3.63, 3.8) is 0 Å². The molecule has 0 unspecified atom stereocenters. The average Bonchev–Trinajstić information content (AvgIpc) is 2.99. The van der Waals surface area contributed by atoms with Crippen LogP contribution >= 0.6 is 11.3 Å². The van der Waals surface area contributed by atoms with Crippen molar-refractivity contribution in [1.29, 1.82) is 0 Å². The number of carbonyl (C=O) groups is 1. The van der Waals surface area contributed by atoms with Gasteiger partial charge in [0.1, 0.15) is 4.88 Å². The van der Waals surface area contributed by atoms with E-state index in [2.05, 4.69) is 16.8 Å². The maximum absolute atomic E-state index is 12.6. The molecule has 0 saturated heterocycles. The Bertz CT molecular complexity index is 655. The van der Waals surface area contributed by atoms with Gasteiger partial charge in [-0.15, -0.1) is 11.3 Å². The normalized spacial score (nSPS) is 9.81. The van der Waals surface area contributed by atoms with Gasteiger partial charge in [0.25, 0.3) is 5.91 Å². The van der Waals surface area contributed by atoms with Crippen LogP contribution in [0.15, 0.2) is 36.0 Å². The van der Waals surface area contributed by atoms with Crippen LogP contribution in [0.1, 0.15) is 27.7 Å². The topological polar surface area (TPSA) is 59.2 Å². The predicted octanol–water partition coefficient (Wildman–Crippen LogP) is 2.12. The molecule has 5 heteroatoms. The number of rotatable bonds is 4. The van der Waals surface area contributed by atoms with E-state index in [4.69, 9.17) is 5.73 Å². The maximum atomic E-state index is 12.6. The Balaban J connectivity index is 2.19. The van der Waals surface area contributed by atoms with Crippen molar-refractivity contribution in [2.24, 2.45) is 5.73 Å². The SMILES string of the molecule is CCN(Cc1ccncc1)C(=O)c1sccc1C#CCN. The van der Waals surface area contributed by atoms with Crippen LogP contribution in [0.25, 0.3) is 0 Å². The Morgan fingerprint density at radius 1 is 1.38 bits per heavy atom. The highest BCUT2D eigenvalue weighted by atomic mass is 32.1. The van der Waals surface area contributed by atoms with Crippen LogP contribution in [0, 0.1) is 11.8 Å². The summed E-state index contributed by atoms with van der Waals surface area (Å²) in [5.74, 6) is 5.76. The molecule has 108 valence electrons. The van der Waals surface area contributed by atoms with Crippen LogP contribution in [0.5, 0.6) is 0 Å². The van der Waals surface area contributed by atoms with Gasteiger partial charge in [0, 0.05) is 31.0 Å². The zero-order chi connectivity index (χ0) is 15.1. The van der Waals surface area contributed by atoms with E-state index in [1.54, 1.807) is 17.3 Å². The third-order valence-electron chi connectivity index (χ3n) is 2.98. The van der Waals surface area contributed by atoms with Crippen molar-refractivity contribution in [3.05, 3.63) is 52.0 Å². The second-order valence-electron chi connectivity index (χ2n) is 4.34. The fraction of sp³-hybridized carbons (Fsp3) is 0.250. The molecule has 2 heterocycles. The zero-order valence-corrected chi connectivity index (χ0v) is 12.7. The van der Waals surface area contributed by atoms with E-state index < -0.39 is 0 Å². The van der Waals surface area contributed by atoms with Crippen LogP contribution < -0.4 is 5.73 Å². The van der Waals surface area contributed by atoms with Gasteiger partial charge in [-0.25, -0.2) is 0 Å². The molecule has 0 bridgehead atoms. The van der Waals surface area contributed by atoms with E-state index >= 15 is 0 Å². The summed E-state index contributed by atoms with van der Waals surface area (Å²) in [6.07, 6.45) is 3.47. The van der Waals surface area contributed by atoms with Gasteiger partial charge in [0.2, 0.25) is 0 Å². The lowest BCUT2D eigenvalue weighted by molar-refractivity contribution is 0.0757. The van der Waals surface area contributed by atoms with Crippen LogP contribution in [-0.2, 0) is 6.54 Å². The molecule has 21 heavy (non-hydrogen) atoms. The monoisotopic (exact) mass is 299 g/mol. The summed E-state index contributed by atoms with van der Waals surface area (Å²) in [5.41, 5.74) is 7.20. The molecule has 0 aliphatic rings. The summed E-state index contributed by atoms with van der Waals surface area (Å²) in [6, 6.07) is 5.69. The van der Waals surface area contributed by atoms with Gasteiger partial charge >= 0.3 is 0 Å². The highest BCUT2D eigenvalue weighted by Crippen LogP contribution is 2.19. The minimum atomic E-state index is 0.00522. The quantitative estimate of drug-likeness (QED) is 0.880. The van der Waals surface area contributed by atoms with Crippen molar-refractivity contribution < 1.29 is 4.79 Å². The molecule has 0 spiro atoms. The fourth-order valence-electron chi connectivity index (χ4n) is 1.90. The zero-order valence-electron chi connectivity index (χ0n) is 11.9. The van der Waals surface area contributed by atoms with Crippen molar-refractivity contribution in [2.45, 2.75) is 13.5 Å². The Labute approximate surface area is 128 Å². The van der Waals surface area contributed by atoms with E-state index in [0.717, 1.165) is 11.1 Å². The van der Waals surface area contributed by atoms with Crippen molar-refractivity contribution in [1.82, 2.24) is 9.88 Å². The Hall–Kier alpha value is -2.16. The maximum Gasteiger partial charge on any atom is 0.265 e. The number of pyridine rings is 1. The second kappa shape index (κ2) is 7.58. The minimum absolute atomic E-state index is 0.00522. The number of carbonyl (C=O) groups excluding carboxylic acids is 1. The lowest BCUT2D eigenvalue weighted by Crippen LogP contribution is -2.30. The van der Waals surface area contributed by atoms with Crippen LogP contribution in [-0.4, -0.2) is 28.9 Å². The molecule has 2 rings (SSSR count). The fourth-order valence-corrected chi connectivity index (χ4v) is 2.72. The first-order valence-corrected chi connectivity index (χ1v) is 7.58. The Morgan fingerprint density at radius 2 is 2.14 bits per heavy atom. The summed E-state index contributed by atoms with van der Waals surface area (Å²) in [4.78, 5) is 19.1. The average molecular weight is 299 g/mol. The second-order valence-corrected chi connectivity index (χ2v) is 5.26. The molecule has 0 atom stereocenters. The molecule has 2 aromatic rings. The van der Waals surface area contributed by atoms with Crippen LogP contribution in [0.3, 0.4) is 0 Å². The standard InChI is InChI=1S/C16H17N3OS/c1-2-19(12-13-5-9-18-10-6-13)16(20)15-14(4-3-8-17)7-11-21-15/h5-7,9-11H,2,8,12,17H2,1H3. The van der Waals surface area contributed by atoms with Crippen molar-refractivity contribution >= 4 is 17.2 Å². The smallest absolute Gasteiger partial charge is 0.265 e. The number of hydrogen-bond donors (Lipinski definition) is 1. The first-order chi connectivity index (χ1) is 10.3. The first kappa shape index (κ1) is 15.2. The highest BCUT2D eigenvalue weighted by molar-refractivity contribution is 7.12. The molecular weight excluding hydrogens is 282 g/mol. The van der Waals surface area contributed by atoms with Gasteiger partial charge < -0.3 is 10.6 Å². The van der Waals surface area contributed by atoms with Crippen molar-refractivity contribution in [2.75, 3.05) is 13.1 Å². The third kappa shape index (κ3) is 3.91. The van der Waals surface area contributed by atoms with E-state index in [0.29, 0.717) is 18.0 Å². The largest absolute Gasteiger partial charge is 0.334 e. The first-order valence-electron chi connectivity index (χ1n) is 6.70. The lowest BCUT2D eigenvalue weighted by Gasteiger charge is -2.20. The van der Waals surface area contributed by atoms with Gasteiger partial charge in [-0.05, 0) is 36.1 Å². The summed E-state index contributed by atoms with van der Waals surface area (Å²) in [6.45, 7) is 3.47. The van der Waals surface area contributed by atoms with Gasteiger partial charge in [-0.1, -0.05) is 11.8 Å². The number of thiophene rings is 1. The van der Waals surface area contributed by atoms with E-state index in [1.807, 2.05) is 30.5 Å². The number of amides is 1. The molecule has 0 aliphatic heterocycles. The molecule has 2 aromatic heterocycles. The summed E-state index contributed by atoms with van der Waals surface area (Å²) < 4.78 is 0. The van der Waals surface area contributed by atoms with E-state index in [1.165, 1.54) is 11.3 Å². The molecule has 0 aromatic carbocycles. The Morgan fingerprint density at radius 3 is 2.81 bits per heavy atom. The lowest BCUT2D eigenvalue weighted by atomic mass is 10.2. The summed E-state index contributed by atoms with van der Waals surface area (Å²) in [5, 5.41) is 1.88. The molecule has 0 radical (unpaired) electrons. The highest BCUT2D eigenvalue weighted by Gasteiger charge is 2.18. The number of nitrogens with two attached hydrogens (primary N) is 1. The molecule has 0 saturated carbocycles. The third-order valence-corrected chi connectivity index (χ3v) is 3.88.